The van der Waals surface area contributed by atoms with Crippen molar-refractivity contribution in [3.63, 3.8) is 0 Å². The Bertz CT molecular complexity index is 1260. The molecule has 3 aromatic rings. The zero-order valence-corrected chi connectivity index (χ0v) is 17.1. The predicted molar refractivity (Wildman–Crippen MR) is 115 cm³/mol. The highest BCUT2D eigenvalue weighted by atomic mass is 32.1. The minimum absolute atomic E-state index is 0.108. The Morgan fingerprint density at radius 3 is 3.03 bits per heavy atom. The molecule has 2 aromatic heterocycles. The van der Waals surface area contributed by atoms with Gasteiger partial charge >= 0.3 is 0 Å². The second kappa shape index (κ2) is 8.44. The number of rotatable bonds is 5. The Morgan fingerprint density at radius 1 is 1.52 bits per heavy atom. The normalized spacial score (nSPS) is 20.7. The SMILES string of the molecule is [2H]c1c(C([2H])(C)C)sc2ncnc(N([2H])C3([2H])CCN(C([2H])c4ccc(F)c(C#N)c4)CC3)c12. The molecule has 1 aliphatic rings. The third kappa shape index (κ3) is 4.39. The van der Waals surface area contributed by atoms with Gasteiger partial charge in [-0.05, 0) is 42.5 Å². The van der Waals surface area contributed by atoms with E-state index in [1.54, 1.807) is 19.9 Å². The fraction of sp³-hybridized carbons (Fsp3) is 0.409. The molecule has 1 aliphatic heterocycles. The minimum Gasteiger partial charge on any atom is -0.367 e. The number of nitriles is 1. The lowest BCUT2D eigenvalue weighted by atomic mass is 10.0. The van der Waals surface area contributed by atoms with Gasteiger partial charge in [-0.2, -0.15) is 5.26 Å². The van der Waals surface area contributed by atoms with Crippen LogP contribution in [0.15, 0.2) is 30.6 Å². The largest absolute Gasteiger partial charge is 0.367 e. The van der Waals surface area contributed by atoms with E-state index in [4.69, 9.17) is 12.2 Å². The van der Waals surface area contributed by atoms with Crippen molar-refractivity contribution in [3.05, 3.63) is 52.4 Å². The van der Waals surface area contributed by atoms with E-state index in [9.17, 15) is 4.39 Å². The topological polar surface area (TPSA) is 64.8 Å². The Morgan fingerprint density at radius 2 is 2.31 bits per heavy atom. The van der Waals surface area contributed by atoms with Gasteiger partial charge in [-0.25, -0.2) is 14.4 Å². The lowest BCUT2D eigenvalue weighted by Gasteiger charge is -2.32. The van der Waals surface area contributed by atoms with Crippen LogP contribution in [-0.2, 0) is 6.52 Å². The first-order valence-corrected chi connectivity index (χ1v) is 10.2. The maximum Gasteiger partial charge on any atom is 0.162 e. The molecule has 0 aliphatic carbocycles. The number of halogens is 1. The summed E-state index contributed by atoms with van der Waals surface area (Å²) in [6.45, 7) is 3.27. The van der Waals surface area contributed by atoms with Gasteiger partial charge in [-0.3, -0.25) is 4.90 Å². The minimum atomic E-state index is -1.33. The number of hydrogen-bond donors (Lipinski definition) is 1. The van der Waals surface area contributed by atoms with Crippen molar-refractivity contribution in [2.45, 2.75) is 45.1 Å². The number of thiophene rings is 1. The maximum atomic E-state index is 13.7. The summed E-state index contributed by atoms with van der Waals surface area (Å²) in [7, 11) is 0. The molecule has 7 heteroatoms. The molecule has 0 bridgehead atoms. The zero-order valence-electron chi connectivity index (χ0n) is 21.2. The van der Waals surface area contributed by atoms with Crippen LogP contribution in [0.3, 0.4) is 0 Å². The van der Waals surface area contributed by atoms with Gasteiger partial charge in [0.15, 0.2) is 1.41 Å². The molecule has 1 aromatic carbocycles. The molecule has 3 heterocycles. The molecule has 1 saturated heterocycles. The van der Waals surface area contributed by atoms with Crippen molar-refractivity contribution < 1.29 is 11.3 Å². The lowest BCUT2D eigenvalue weighted by Crippen LogP contribution is -2.38. The highest BCUT2D eigenvalue weighted by molar-refractivity contribution is 7.18. The number of fused-ring (bicyclic) bond motifs is 1. The maximum absolute atomic E-state index is 13.7. The average molecular weight is 415 g/mol. The van der Waals surface area contributed by atoms with Crippen LogP contribution < -0.4 is 5.31 Å². The lowest BCUT2D eigenvalue weighted by molar-refractivity contribution is 0.211. The summed E-state index contributed by atoms with van der Waals surface area (Å²) >= 11 is 1.23. The van der Waals surface area contributed by atoms with Crippen LogP contribution >= 0.6 is 11.3 Å². The number of aromatic nitrogens is 2. The number of nitrogens with one attached hydrogen (secondary N) is 1. The number of nitrogens with zero attached hydrogens (tertiary/aromatic N) is 4. The predicted octanol–water partition coefficient (Wildman–Crippen LogP) is 4.90. The first-order chi connectivity index (χ1) is 16.0. The number of benzene rings is 1. The van der Waals surface area contributed by atoms with E-state index < -0.39 is 24.2 Å². The van der Waals surface area contributed by atoms with Crippen molar-refractivity contribution >= 4 is 27.4 Å². The second-order valence-corrected chi connectivity index (χ2v) is 8.13. The molecule has 1 fully saturated rings. The van der Waals surface area contributed by atoms with E-state index >= 15 is 0 Å². The van der Waals surface area contributed by atoms with Crippen LogP contribution in [0.5, 0.6) is 0 Å². The Hall–Kier alpha value is -2.56. The van der Waals surface area contributed by atoms with E-state index in [-0.39, 0.29) is 30.3 Å². The molecule has 1 atom stereocenters. The highest BCUT2D eigenvalue weighted by Crippen LogP contribution is 2.33. The van der Waals surface area contributed by atoms with Gasteiger partial charge in [0.2, 0.25) is 0 Å². The van der Waals surface area contributed by atoms with Crippen LogP contribution in [0.1, 0.15) is 54.1 Å². The molecule has 1 unspecified atom stereocenters. The van der Waals surface area contributed by atoms with E-state index in [2.05, 4.69) is 9.97 Å². The third-order valence-corrected chi connectivity index (χ3v) is 5.98. The summed E-state index contributed by atoms with van der Waals surface area (Å²) in [4.78, 5) is 11.3. The second-order valence-electron chi connectivity index (χ2n) is 7.13. The van der Waals surface area contributed by atoms with Crippen LogP contribution in [0, 0.1) is 17.1 Å². The Balaban J connectivity index is 1.56. The average Bonchev–Trinajstić information content (AvgIpc) is 3.16. The van der Waals surface area contributed by atoms with E-state index in [0.29, 0.717) is 33.7 Å². The third-order valence-electron chi connectivity index (χ3n) is 4.77. The number of anilines is 1. The summed E-state index contributed by atoms with van der Waals surface area (Å²) in [5.74, 6) is -1.45. The summed E-state index contributed by atoms with van der Waals surface area (Å²) in [5.41, 5.74) is 0.391. The van der Waals surface area contributed by atoms with Crippen LogP contribution in [-0.4, -0.2) is 34.0 Å². The van der Waals surface area contributed by atoms with E-state index in [1.807, 2.05) is 4.90 Å². The van der Waals surface area contributed by atoms with Gasteiger partial charge in [-0.15, -0.1) is 11.3 Å². The van der Waals surface area contributed by atoms with Crippen molar-refractivity contribution in [1.82, 2.24) is 14.9 Å². The van der Waals surface area contributed by atoms with Gasteiger partial charge in [0.05, 0.1) is 13.7 Å². The monoisotopic (exact) mass is 414 g/mol. The Labute approximate surface area is 181 Å². The number of piperidine rings is 1. The fourth-order valence-electron chi connectivity index (χ4n) is 3.19. The van der Waals surface area contributed by atoms with Crippen molar-refractivity contribution in [2.75, 3.05) is 18.4 Å². The summed E-state index contributed by atoms with van der Waals surface area (Å²) < 4.78 is 56.8. The van der Waals surface area contributed by atoms with Crippen LogP contribution in [0.25, 0.3) is 10.2 Å². The fourth-order valence-corrected chi connectivity index (χ4v) is 4.08. The number of hydrogen-bond acceptors (Lipinski definition) is 6. The van der Waals surface area contributed by atoms with Gasteiger partial charge in [0.25, 0.3) is 0 Å². The molecule has 5 nitrogen and oxygen atoms in total. The first-order valence-electron chi connectivity index (χ1n) is 11.9. The van der Waals surface area contributed by atoms with Gasteiger partial charge in [-0.1, -0.05) is 19.9 Å². The Kier molecular flexibility index (Phi) is 4.20. The first kappa shape index (κ1) is 14.4. The van der Waals surface area contributed by atoms with Crippen LogP contribution in [0.4, 0.5) is 10.2 Å². The van der Waals surface area contributed by atoms with Crippen molar-refractivity contribution in [2.24, 2.45) is 0 Å². The smallest absolute Gasteiger partial charge is 0.162 e. The van der Waals surface area contributed by atoms with Crippen molar-refractivity contribution in [1.29, 1.82) is 5.26 Å². The van der Waals surface area contributed by atoms with Gasteiger partial charge in [0.1, 0.15) is 28.9 Å². The van der Waals surface area contributed by atoms with Crippen molar-refractivity contribution in [3.8, 4) is 6.07 Å². The van der Waals surface area contributed by atoms with Gasteiger partial charge in [0, 0.05) is 33.2 Å². The zero-order chi connectivity index (χ0) is 24.8. The highest BCUT2D eigenvalue weighted by Gasteiger charge is 2.21. The molecule has 4 rings (SSSR count). The van der Waals surface area contributed by atoms with E-state index in [1.165, 1.54) is 35.9 Å². The molecule has 29 heavy (non-hydrogen) atoms. The molecule has 0 amide bonds. The number of likely N-dealkylation sites (tertiary alicyclic amines) is 1. The standard InChI is InChI=1S/C22H24FN5S/c1-14(2)20-10-18-21(25-13-26-22(18)29-20)27-17-5-7-28(8-6-17)12-15-3-4-19(23)16(9-15)11-24/h3-4,9-10,13-14,17H,5-8,12H2,1-2H3,(H,25,26,27)/i10D,12D,14D,17D/hD. The quantitative estimate of drug-likeness (QED) is 0.643. The summed E-state index contributed by atoms with van der Waals surface area (Å²) in [6, 6.07) is 4.63. The molecule has 0 spiro atoms. The summed E-state index contributed by atoms with van der Waals surface area (Å²) in [6.07, 6.45) is 1.81. The summed E-state index contributed by atoms with van der Waals surface area (Å²) in [5, 5.41) is 10.5. The van der Waals surface area contributed by atoms with E-state index in [0.717, 1.165) is 5.31 Å². The molecule has 0 saturated carbocycles. The molecule has 150 valence electrons. The molecule has 1 N–H and O–H groups in total. The van der Waals surface area contributed by atoms with Crippen LogP contribution in [0.2, 0.25) is 1.41 Å². The van der Waals surface area contributed by atoms with Gasteiger partial charge < -0.3 is 5.31 Å². The molecular weight excluding hydrogens is 385 g/mol. The molecular formula is C22H24FN5S. The molecule has 0 radical (unpaired) electrons.